The van der Waals surface area contributed by atoms with Gasteiger partial charge in [-0.15, -0.1) is 0 Å². The summed E-state index contributed by atoms with van der Waals surface area (Å²) < 4.78 is 0. The van der Waals surface area contributed by atoms with Crippen LogP contribution in [0, 0.1) is 11.3 Å². The van der Waals surface area contributed by atoms with Crippen LogP contribution in [0.15, 0.2) is 0 Å². The third kappa shape index (κ3) is 2.22. The summed E-state index contributed by atoms with van der Waals surface area (Å²) in [4.78, 5) is 0. The van der Waals surface area contributed by atoms with Crippen molar-refractivity contribution >= 4 is 0 Å². The van der Waals surface area contributed by atoms with Crippen molar-refractivity contribution in [3.05, 3.63) is 0 Å². The monoisotopic (exact) mass is 169 g/mol. The van der Waals surface area contributed by atoms with Crippen LogP contribution in [0.5, 0.6) is 0 Å². The van der Waals surface area contributed by atoms with E-state index in [1.54, 1.807) is 0 Å². The molecule has 1 nitrogen and oxygen atoms in total. The van der Waals surface area contributed by atoms with E-state index in [-0.39, 0.29) is 0 Å². The molecule has 0 aromatic carbocycles. The topological polar surface area (TPSA) is 12.0 Å². The molecule has 1 heteroatoms. The van der Waals surface area contributed by atoms with Crippen molar-refractivity contribution in [3.63, 3.8) is 0 Å². The maximum atomic E-state index is 3.56. The molecule has 1 aliphatic rings. The summed E-state index contributed by atoms with van der Waals surface area (Å²) in [6, 6.07) is 0.634. The molecule has 0 aromatic heterocycles. The van der Waals surface area contributed by atoms with E-state index in [0.29, 0.717) is 11.5 Å². The third-order valence-electron chi connectivity index (χ3n) is 3.49. The predicted octanol–water partition coefficient (Wildman–Crippen LogP) is 2.81. The Kier molecular flexibility index (Phi) is 3.16. The zero-order valence-electron chi connectivity index (χ0n) is 8.98. The molecular weight excluding hydrogens is 146 g/mol. The first-order chi connectivity index (χ1) is 5.54. The second-order valence-corrected chi connectivity index (χ2v) is 4.98. The summed E-state index contributed by atoms with van der Waals surface area (Å²) in [7, 11) is 0. The minimum atomic E-state index is 0.574. The molecule has 12 heavy (non-hydrogen) atoms. The number of rotatable bonds is 3. The molecule has 0 bridgehead atoms. The van der Waals surface area contributed by atoms with Crippen LogP contribution >= 0.6 is 0 Å². The van der Waals surface area contributed by atoms with Crippen LogP contribution in [0.4, 0.5) is 0 Å². The fraction of sp³-hybridized carbons (Fsp3) is 1.00. The van der Waals surface area contributed by atoms with Crippen LogP contribution in [0.25, 0.3) is 0 Å². The van der Waals surface area contributed by atoms with Gasteiger partial charge in [0.05, 0.1) is 0 Å². The molecule has 1 rings (SSSR count). The lowest BCUT2D eigenvalue weighted by atomic mass is 9.81. The molecule has 72 valence electrons. The lowest BCUT2D eigenvalue weighted by molar-refractivity contribution is 0.229. The van der Waals surface area contributed by atoms with Crippen molar-refractivity contribution < 1.29 is 0 Å². The summed E-state index contributed by atoms with van der Waals surface area (Å²) in [6.07, 6.45) is 4.27. The van der Waals surface area contributed by atoms with Gasteiger partial charge in [-0.05, 0) is 17.8 Å². The Morgan fingerprint density at radius 1 is 1.50 bits per heavy atom. The smallest absolute Gasteiger partial charge is 0.00106 e. The molecule has 2 unspecified atom stereocenters. The van der Waals surface area contributed by atoms with E-state index in [1.807, 2.05) is 0 Å². The molecule has 2 atom stereocenters. The van der Waals surface area contributed by atoms with Gasteiger partial charge in [0.2, 0.25) is 0 Å². The van der Waals surface area contributed by atoms with Crippen molar-refractivity contribution in [2.24, 2.45) is 11.3 Å². The maximum absolute atomic E-state index is 3.56. The molecule has 1 saturated carbocycles. The van der Waals surface area contributed by atoms with E-state index in [0.717, 1.165) is 5.92 Å². The Morgan fingerprint density at radius 2 is 2.17 bits per heavy atom. The first-order valence-corrected chi connectivity index (χ1v) is 5.28. The Morgan fingerprint density at radius 3 is 2.58 bits per heavy atom. The van der Waals surface area contributed by atoms with Crippen LogP contribution in [0.3, 0.4) is 0 Å². The number of nitrogens with one attached hydrogen (secondary N) is 1. The van der Waals surface area contributed by atoms with Gasteiger partial charge >= 0.3 is 0 Å². The summed E-state index contributed by atoms with van der Waals surface area (Å²) >= 11 is 0. The largest absolute Gasteiger partial charge is 0.314 e. The van der Waals surface area contributed by atoms with Gasteiger partial charge in [-0.3, -0.25) is 0 Å². The van der Waals surface area contributed by atoms with E-state index in [2.05, 4.69) is 33.0 Å². The molecule has 0 saturated heterocycles. The highest BCUT2D eigenvalue weighted by molar-refractivity contribution is 4.88. The van der Waals surface area contributed by atoms with Crippen molar-refractivity contribution in [2.45, 2.75) is 53.0 Å². The van der Waals surface area contributed by atoms with Gasteiger partial charge in [-0.2, -0.15) is 0 Å². The molecule has 0 heterocycles. The highest BCUT2D eigenvalue weighted by Gasteiger charge is 2.35. The third-order valence-corrected chi connectivity index (χ3v) is 3.49. The normalized spacial score (nSPS) is 36.2. The van der Waals surface area contributed by atoms with Gasteiger partial charge < -0.3 is 5.32 Å². The van der Waals surface area contributed by atoms with Gasteiger partial charge in [0.15, 0.2) is 0 Å². The summed E-state index contributed by atoms with van der Waals surface area (Å²) in [5, 5.41) is 3.56. The number of hydrogen-bond acceptors (Lipinski definition) is 1. The molecule has 1 N–H and O–H groups in total. The van der Waals surface area contributed by atoms with Gasteiger partial charge in [0, 0.05) is 12.6 Å². The Bertz CT molecular complexity index is 142. The zero-order valence-corrected chi connectivity index (χ0v) is 8.98. The highest BCUT2D eigenvalue weighted by atomic mass is 14.9. The quantitative estimate of drug-likeness (QED) is 0.685. The van der Waals surface area contributed by atoms with E-state index in [4.69, 9.17) is 0 Å². The highest BCUT2D eigenvalue weighted by Crippen LogP contribution is 2.42. The fourth-order valence-electron chi connectivity index (χ4n) is 2.11. The van der Waals surface area contributed by atoms with Crippen molar-refractivity contribution in [1.29, 1.82) is 0 Å². The molecule has 0 radical (unpaired) electrons. The van der Waals surface area contributed by atoms with Gasteiger partial charge in [-0.1, -0.05) is 40.5 Å². The first kappa shape index (κ1) is 10.0. The molecule has 1 fully saturated rings. The molecule has 0 spiro atoms. The van der Waals surface area contributed by atoms with E-state index < -0.39 is 0 Å². The lowest BCUT2D eigenvalue weighted by Gasteiger charge is -2.30. The molecule has 1 aliphatic carbocycles. The average Bonchev–Trinajstić information content (AvgIpc) is 2.30. The molecule has 0 amide bonds. The SMILES string of the molecule is CC(C)NCC1(C)CCCC1C. The standard InChI is InChI=1S/C11H23N/c1-9(2)12-8-11(4)7-5-6-10(11)3/h9-10,12H,5-8H2,1-4H3. The zero-order chi connectivity index (χ0) is 9.19. The van der Waals surface area contributed by atoms with Crippen molar-refractivity contribution in [2.75, 3.05) is 6.54 Å². The second-order valence-electron chi connectivity index (χ2n) is 4.98. The Labute approximate surface area is 76.9 Å². The van der Waals surface area contributed by atoms with Crippen LogP contribution in [0.1, 0.15) is 47.0 Å². The minimum absolute atomic E-state index is 0.574. The average molecular weight is 169 g/mol. The van der Waals surface area contributed by atoms with Crippen LogP contribution in [-0.2, 0) is 0 Å². The maximum Gasteiger partial charge on any atom is 0.00106 e. The van der Waals surface area contributed by atoms with Crippen LogP contribution in [0.2, 0.25) is 0 Å². The van der Waals surface area contributed by atoms with E-state index in [9.17, 15) is 0 Å². The summed E-state index contributed by atoms with van der Waals surface area (Å²) in [5.74, 6) is 0.906. The Hall–Kier alpha value is -0.0400. The predicted molar refractivity (Wildman–Crippen MR) is 54.3 cm³/mol. The fourth-order valence-corrected chi connectivity index (χ4v) is 2.11. The first-order valence-electron chi connectivity index (χ1n) is 5.28. The van der Waals surface area contributed by atoms with Gasteiger partial charge in [0.1, 0.15) is 0 Å². The minimum Gasteiger partial charge on any atom is -0.314 e. The summed E-state index contributed by atoms with van der Waals surface area (Å²) in [5.41, 5.74) is 0.574. The van der Waals surface area contributed by atoms with Gasteiger partial charge in [-0.25, -0.2) is 0 Å². The molecular formula is C11H23N. The second kappa shape index (κ2) is 3.78. The Balaban J connectivity index is 2.37. The van der Waals surface area contributed by atoms with Crippen molar-refractivity contribution in [3.8, 4) is 0 Å². The molecule has 0 aliphatic heterocycles. The van der Waals surface area contributed by atoms with E-state index in [1.165, 1.54) is 25.8 Å². The summed E-state index contributed by atoms with van der Waals surface area (Å²) in [6.45, 7) is 10.5. The van der Waals surface area contributed by atoms with Crippen LogP contribution in [-0.4, -0.2) is 12.6 Å². The van der Waals surface area contributed by atoms with E-state index >= 15 is 0 Å². The van der Waals surface area contributed by atoms with Gasteiger partial charge in [0.25, 0.3) is 0 Å². The lowest BCUT2D eigenvalue weighted by Crippen LogP contribution is -2.37. The number of hydrogen-bond donors (Lipinski definition) is 1. The van der Waals surface area contributed by atoms with Crippen molar-refractivity contribution in [1.82, 2.24) is 5.32 Å². The molecule has 0 aromatic rings. The van der Waals surface area contributed by atoms with Crippen LogP contribution < -0.4 is 5.32 Å².